The predicted molar refractivity (Wildman–Crippen MR) is 73.5 cm³/mol. The van der Waals surface area contributed by atoms with Crippen molar-refractivity contribution in [1.82, 2.24) is 0 Å². The molecule has 2 rings (SSSR count). The molecule has 1 N–H and O–H groups in total. The van der Waals surface area contributed by atoms with Crippen molar-refractivity contribution in [2.75, 3.05) is 11.1 Å². The van der Waals surface area contributed by atoms with Crippen LogP contribution in [0.4, 0.5) is 5.69 Å². The lowest BCUT2D eigenvalue weighted by molar-refractivity contribution is 0.738. The molecule has 0 bridgehead atoms. The molecule has 0 saturated heterocycles. The lowest BCUT2D eigenvalue weighted by atomic mass is 10.1. The van der Waals surface area contributed by atoms with Crippen molar-refractivity contribution < 1.29 is 0 Å². The molecule has 1 heterocycles. The van der Waals surface area contributed by atoms with Crippen LogP contribution in [0.2, 0.25) is 0 Å². The zero-order chi connectivity index (χ0) is 11.5. The quantitative estimate of drug-likeness (QED) is 0.845. The van der Waals surface area contributed by atoms with Gasteiger partial charge in [-0.3, -0.25) is 4.99 Å². The Balaban J connectivity index is 2.10. The van der Waals surface area contributed by atoms with Gasteiger partial charge in [-0.05, 0) is 31.9 Å². The highest BCUT2D eigenvalue weighted by Gasteiger charge is 2.16. The number of nitrogens with one attached hydrogen (secondary N) is 1. The van der Waals surface area contributed by atoms with Crippen LogP contribution in [0.5, 0.6) is 0 Å². The standard InChI is InChI=1S/C13H18N2S/c1-4-11-8-16-13(14-11)15-12-6-5-9(2)7-10(12)3/h5-7,11H,4,8H2,1-3H3,(H,14,15)/t11-/m1/s1. The van der Waals surface area contributed by atoms with Gasteiger partial charge in [0.2, 0.25) is 0 Å². The Hall–Kier alpha value is -0.960. The Kier molecular flexibility index (Phi) is 3.54. The summed E-state index contributed by atoms with van der Waals surface area (Å²) in [6.45, 7) is 6.44. The van der Waals surface area contributed by atoms with Gasteiger partial charge in [0.05, 0.1) is 6.04 Å². The first-order valence-corrected chi connectivity index (χ1v) is 6.72. The van der Waals surface area contributed by atoms with E-state index in [1.165, 1.54) is 16.8 Å². The Morgan fingerprint density at radius 3 is 2.88 bits per heavy atom. The molecule has 3 heteroatoms. The number of thioether (sulfide) groups is 1. The van der Waals surface area contributed by atoms with E-state index in [0.29, 0.717) is 6.04 Å². The first-order valence-electron chi connectivity index (χ1n) is 5.74. The highest BCUT2D eigenvalue weighted by atomic mass is 32.2. The molecule has 0 aromatic heterocycles. The van der Waals surface area contributed by atoms with Gasteiger partial charge in [-0.15, -0.1) is 0 Å². The van der Waals surface area contributed by atoms with E-state index < -0.39 is 0 Å². The van der Waals surface area contributed by atoms with E-state index >= 15 is 0 Å². The highest BCUT2D eigenvalue weighted by Crippen LogP contribution is 2.23. The zero-order valence-electron chi connectivity index (χ0n) is 10.1. The summed E-state index contributed by atoms with van der Waals surface area (Å²) in [5.74, 6) is 1.11. The summed E-state index contributed by atoms with van der Waals surface area (Å²) in [7, 11) is 0. The molecule has 0 aliphatic carbocycles. The lowest BCUT2D eigenvalue weighted by Crippen LogP contribution is -2.06. The molecule has 0 spiro atoms. The second-order valence-corrected chi connectivity index (χ2v) is 5.26. The fourth-order valence-electron chi connectivity index (χ4n) is 1.76. The number of anilines is 1. The molecule has 16 heavy (non-hydrogen) atoms. The molecule has 0 radical (unpaired) electrons. The van der Waals surface area contributed by atoms with Crippen LogP contribution < -0.4 is 5.32 Å². The maximum atomic E-state index is 4.63. The number of aliphatic imine (C=N–C) groups is 1. The summed E-state index contributed by atoms with van der Waals surface area (Å²) >= 11 is 1.82. The average Bonchev–Trinajstić information content (AvgIpc) is 2.70. The van der Waals surface area contributed by atoms with Gasteiger partial charge in [-0.2, -0.15) is 0 Å². The van der Waals surface area contributed by atoms with Crippen molar-refractivity contribution in [3.05, 3.63) is 29.3 Å². The molecule has 0 saturated carbocycles. The van der Waals surface area contributed by atoms with E-state index in [1.807, 2.05) is 11.8 Å². The van der Waals surface area contributed by atoms with E-state index in [4.69, 9.17) is 0 Å². The SMILES string of the molecule is CC[C@@H]1CSC(Nc2ccc(C)cc2C)=N1. The van der Waals surface area contributed by atoms with Crippen molar-refractivity contribution in [1.29, 1.82) is 0 Å². The molecule has 1 aliphatic rings. The highest BCUT2D eigenvalue weighted by molar-refractivity contribution is 8.14. The van der Waals surface area contributed by atoms with Crippen LogP contribution in [0, 0.1) is 13.8 Å². The summed E-state index contributed by atoms with van der Waals surface area (Å²) < 4.78 is 0. The van der Waals surface area contributed by atoms with Crippen LogP contribution in [0.15, 0.2) is 23.2 Å². The Morgan fingerprint density at radius 2 is 2.25 bits per heavy atom. The van der Waals surface area contributed by atoms with E-state index in [1.54, 1.807) is 0 Å². The smallest absolute Gasteiger partial charge is 0.161 e. The summed E-state index contributed by atoms with van der Waals surface area (Å²) in [6.07, 6.45) is 1.13. The number of aryl methyl sites for hydroxylation is 2. The molecule has 1 aliphatic heterocycles. The third-order valence-electron chi connectivity index (χ3n) is 2.81. The monoisotopic (exact) mass is 234 g/mol. The van der Waals surface area contributed by atoms with Crippen molar-refractivity contribution in [3.8, 4) is 0 Å². The molecule has 1 atom stereocenters. The summed E-state index contributed by atoms with van der Waals surface area (Å²) in [6, 6.07) is 6.96. The van der Waals surface area contributed by atoms with Gasteiger partial charge in [0.15, 0.2) is 5.17 Å². The minimum absolute atomic E-state index is 0.498. The zero-order valence-corrected chi connectivity index (χ0v) is 10.9. The average molecular weight is 234 g/mol. The molecule has 2 nitrogen and oxygen atoms in total. The maximum absolute atomic E-state index is 4.63. The number of hydrogen-bond donors (Lipinski definition) is 1. The minimum atomic E-state index is 0.498. The van der Waals surface area contributed by atoms with Crippen LogP contribution in [0.1, 0.15) is 24.5 Å². The summed E-state index contributed by atoms with van der Waals surface area (Å²) in [5, 5.41) is 4.48. The Morgan fingerprint density at radius 1 is 1.44 bits per heavy atom. The molecule has 0 unspecified atom stereocenters. The Bertz CT molecular complexity index is 412. The van der Waals surface area contributed by atoms with Gasteiger partial charge >= 0.3 is 0 Å². The molecule has 1 aromatic carbocycles. The van der Waals surface area contributed by atoms with Crippen molar-refractivity contribution >= 4 is 22.6 Å². The summed E-state index contributed by atoms with van der Waals surface area (Å²) in [5.41, 5.74) is 3.76. The van der Waals surface area contributed by atoms with Crippen molar-refractivity contribution in [3.63, 3.8) is 0 Å². The van der Waals surface area contributed by atoms with Crippen LogP contribution in [0.3, 0.4) is 0 Å². The first-order chi connectivity index (χ1) is 7.69. The second-order valence-electron chi connectivity index (χ2n) is 4.25. The topological polar surface area (TPSA) is 24.4 Å². The minimum Gasteiger partial charge on any atom is -0.335 e. The first kappa shape index (κ1) is 11.5. The van der Waals surface area contributed by atoms with Crippen molar-refractivity contribution in [2.24, 2.45) is 4.99 Å². The predicted octanol–water partition coefficient (Wildman–Crippen LogP) is 3.60. The lowest BCUT2D eigenvalue weighted by Gasteiger charge is -2.08. The van der Waals surface area contributed by atoms with Gasteiger partial charge in [-0.25, -0.2) is 0 Å². The molecular weight excluding hydrogens is 216 g/mol. The van der Waals surface area contributed by atoms with Crippen molar-refractivity contribution in [2.45, 2.75) is 33.2 Å². The molecule has 0 fully saturated rings. The van der Waals surface area contributed by atoms with Crippen LogP contribution in [0.25, 0.3) is 0 Å². The van der Waals surface area contributed by atoms with Gasteiger partial charge in [0, 0.05) is 11.4 Å². The van der Waals surface area contributed by atoms with E-state index in [9.17, 15) is 0 Å². The number of nitrogens with zero attached hydrogens (tertiary/aromatic N) is 1. The fraction of sp³-hybridized carbons (Fsp3) is 0.462. The van der Waals surface area contributed by atoms with Gasteiger partial charge < -0.3 is 5.32 Å². The van der Waals surface area contributed by atoms with Crippen LogP contribution >= 0.6 is 11.8 Å². The maximum Gasteiger partial charge on any atom is 0.161 e. The van der Waals surface area contributed by atoms with Crippen LogP contribution in [-0.4, -0.2) is 17.0 Å². The summed E-state index contributed by atoms with van der Waals surface area (Å²) in [4.78, 5) is 4.63. The Labute approximate surface area is 102 Å². The van der Waals surface area contributed by atoms with E-state index in [0.717, 1.165) is 17.3 Å². The molecule has 1 aromatic rings. The number of benzene rings is 1. The molecular formula is C13H18N2S. The largest absolute Gasteiger partial charge is 0.335 e. The molecule has 86 valence electrons. The normalized spacial score (nSPS) is 19.7. The third-order valence-corrected chi connectivity index (χ3v) is 3.84. The number of rotatable bonds is 2. The van der Waals surface area contributed by atoms with Gasteiger partial charge in [0.25, 0.3) is 0 Å². The molecule has 0 amide bonds. The van der Waals surface area contributed by atoms with Gasteiger partial charge in [0.1, 0.15) is 0 Å². The van der Waals surface area contributed by atoms with Gasteiger partial charge in [-0.1, -0.05) is 36.4 Å². The fourth-order valence-corrected chi connectivity index (χ4v) is 2.83. The second kappa shape index (κ2) is 4.91. The number of hydrogen-bond acceptors (Lipinski definition) is 3. The van der Waals surface area contributed by atoms with E-state index in [2.05, 4.69) is 49.3 Å². The number of amidine groups is 1. The van der Waals surface area contributed by atoms with E-state index in [-0.39, 0.29) is 0 Å². The third kappa shape index (κ3) is 2.59. The van der Waals surface area contributed by atoms with Crippen LogP contribution in [-0.2, 0) is 0 Å².